The van der Waals surface area contributed by atoms with Gasteiger partial charge in [0, 0.05) is 73.2 Å². The molecule has 0 amide bonds. The van der Waals surface area contributed by atoms with E-state index in [0.717, 1.165) is 61.1 Å². The molecule has 43 heavy (non-hydrogen) atoms. The van der Waals surface area contributed by atoms with Crippen molar-refractivity contribution in [2.75, 3.05) is 57.8 Å². The summed E-state index contributed by atoms with van der Waals surface area (Å²) in [6.45, 7) is 8.42. The highest BCUT2D eigenvalue weighted by Crippen LogP contribution is 2.40. The van der Waals surface area contributed by atoms with E-state index in [1.807, 2.05) is 4.68 Å². The van der Waals surface area contributed by atoms with E-state index >= 15 is 0 Å². The van der Waals surface area contributed by atoms with Crippen LogP contribution in [-0.4, -0.2) is 96.3 Å². The molecule has 0 N–H and O–H groups in total. The van der Waals surface area contributed by atoms with E-state index in [1.165, 1.54) is 29.5 Å². The van der Waals surface area contributed by atoms with Crippen molar-refractivity contribution in [2.24, 2.45) is 5.92 Å². The summed E-state index contributed by atoms with van der Waals surface area (Å²) in [7, 11) is -3.45. The number of benzene rings is 1. The van der Waals surface area contributed by atoms with Gasteiger partial charge in [-0.15, -0.1) is 11.8 Å². The summed E-state index contributed by atoms with van der Waals surface area (Å²) in [5, 5.41) is 4.91. The maximum Gasteiger partial charge on any atom is 0.417 e. The van der Waals surface area contributed by atoms with E-state index in [1.54, 1.807) is 6.07 Å². The topological polar surface area (TPSA) is 61.7 Å². The SMILES string of the molecule is CC1CCN(CCCn2nc(-c3ccc(C(F)(F)F)c(SCCN4CCC(F)CC4)c3)c3c2CCN(S(C)(=O)=O)C3)CC1. The van der Waals surface area contributed by atoms with Crippen LogP contribution < -0.4 is 0 Å². The number of thioether (sulfide) groups is 1. The summed E-state index contributed by atoms with van der Waals surface area (Å²) in [5.74, 6) is 1.21. The van der Waals surface area contributed by atoms with Gasteiger partial charge in [-0.2, -0.15) is 22.6 Å². The van der Waals surface area contributed by atoms with Crippen LogP contribution >= 0.6 is 11.8 Å². The largest absolute Gasteiger partial charge is 0.417 e. The molecule has 5 rings (SSSR count). The smallest absolute Gasteiger partial charge is 0.303 e. The number of rotatable bonds is 10. The van der Waals surface area contributed by atoms with Crippen LogP contribution in [0.25, 0.3) is 11.3 Å². The Morgan fingerprint density at radius 1 is 0.977 bits per heavy atom. The molecule has 0 unspecified atom stereocenters. The molecule has 0 aliphatic carbocycles. The second kappa shape index (κ2) is 13.8. The monoisotopic (exact) mass is 645 g/mol. The first-order valence-electron chi connectivity index (χ1n) is 15.4. The van der Waals surface area contributed by atoms with Gasteiger partial charge < -0.3 is 9.80 Å². The van der Waals surface area contributed by atoms with E-state index in [2.05, 4.69) is 16.7 Å². The number of nitrogens with zero attached hydrogens (tertiary/aromatic N) is 5. The van der Waals surface area contributed by atoms with Crippen molar-refractivity contribution >= 4 is 21.8 Å². The lowest BCUT2D eigenvalue weighted by atomic mass is 9.99. The van der Waals surface area contributed by atoms with Crippen LogP contribution in [0.3, 0.4) is 0 Å². The Bertz CT molecular complexity index is 1350. The number of hydrogen-bond donors (Lipinski definition) is 0. The van der Waals surface area contributed by atoms with Crippen molar-refractivity contribution in [3.8, 4) is 11.3 Å². The number of halogens is 4. The summed E-state index contributed by atoms with van der Waals surface area (Å²) in [6, 6.07) is 4.13. The second-order valence-corrected chi connectivity index (χ2v) is 15.4. The number of aryl methyl sites for hydroxylation is 1. The molecule has 3 aliphatic heterocycles. The van der Waals surface area contributed by atoms with Gasteiger partial charge in [-0.1, -0.05) is 13.0 Å². The lowest BCUT2D eigenvalue weighted by Gasteiger charge is -2.30. The molecule has 0 atom stereocenters. The fourth-order valence-electron chi connectivity index (χ4n) is 6.33. The van der Waals surface area contributed by atoms with E-state index < -0.39 is 27.9 Å². The predicted molar refractivity (Wildman–Crippen MR) is 162 cm³/mol. The molecular formula is C30H43F4N5O2S2. The van der Waals surface area contributed by atoms with Gasteiger partial charge in [0.15, 0.2) is 0 Å². The van der Waals surface area contributed by atoms with Crippen LogP contribution in [0.2, 0.25) is 0 Å². The molecule has 1 aromatic heterocycles. The first-order valence-corrected chi connectivity index (χ1v) is 18.2. The minimum atomic E-state index is -4.51. The molecule has 3 aliphatic rings. The van der Waals surface area contributed by atoms with Crippen molar-refractivity contribution in [1.82, 2.24) is 23.9 Å². The molecule has 0 radical (unpaired) electrons. The molecule has 240 valence electrons. The standard InChI is InChI=1S/C30H43F4N5O2S2/c1-22-6-13-36(14-7-22)11-3-12-39-27-10-17-38(43(2,40)41)21-25(27)29(35-39)23-4-5-26(30(32,33)34)28(20-23)42-19-18-37-15-8-24(31)9-16-37/h4-5,20,22,24H,3,6-19,21H2,1-2H3. The van der Waals surface area contributed by atoms with Crippen LogP contribution in [0.5, 0.6) is 0 Å². The zero-order valence-electron chi connectivity index (χ0n) is 25.1. The summed E-state index contributed by atoms with van der Waals surface area (Å²) in [5.41, 5.74) is 2.16. The Hall–Kier alpha value is -1.67. The quantitative estimate of drug-likeness (QED) is 0.250. The molecule has 2 saturated heterocycles. The summed E-state index contributed by atoms with van der Waals surface area (Å²) in [4.78, 5) is 4.70. The maximum absolute atomic E-state index is 14.0. The van der Waals surface area contributed by atoms with Crippen molar-refractivity contribution < 1.29 is 26.0 Å². The minimum Gasteiger partial charge on any atom is -0.303 e. The molecule has 0 spiro atoms. The lowest BCUT2D eigenvalue weighted by molar-refractivity contribution is -0.139. The highest BCUT2D eigenvalue weighted by atomic mass is 32.2. The third-order valence-electron chi connectivity index (χ3n) is 9.03. The molecule has 13 heteroatoms. The molecule has 7 nitrogen and oxygen atoms in total. The summed E-state index contributed by atoms with van der Waals surface area (Å²) in [6.07, 6.45) is 0.610. The lowest BCUT2D eigenvalue weighted by Crippen LogP contribution is -2.36. The molecule has 1 aromatic carbocycles. The molecule has 0 bridgehead atoms. The van der Waals surface area contributed by atoms with Gasteiger partial charge in [-0.05, 0) is 69.8 Å². The molecule has 2 aromatic rings. The first-order chi connectivity index (χ1) is 20.4. The zero-order chi connectivity index (χ0) is 30.8. The van der Waals surface area contributed by atoms with Crippen LogP contribution in [0, 0.1) is 5.92 Å². The Labute approximate surface area is 257 Å². The number of hydrogen-bond acceptors (Lipinski definition) is 6. The molecular weight excluding hydrogens is 602 g/mol. The molecule has 4 heterocycles. The summed E-state index contributed by atoms with van der Waals surface area (Å²) < 4.78 is 83.8. The highest BCUT2D eigenvalue weighted by molar-refractivity contribution is 7.99. The van der Waals surface area contributed by atoms with Crippen molar-refractivity contribution in [1.29, 1.82) is 0 Å². The van der Waals surface area contributed by atoms with Gasteiger partial charge in [0.1, 0.15) is 6.17 Å². The van der Waals surface area contributed by atoms with E-state index in [0.29, 0.717) is 69.0 Å². The Morgan fingerprint density at radius 2 is 1.65 bits per heavy atom. The van der Waals surface area contributed by atoms with Gasteiger partial charge >= 0.3 is 6.18 Å². The fourth-order valence-corrected chi connectivity index (χ4v) is 8.23. The summed E-state index contributed by atoms with van der Waals surface area (Å²) >= 11 is 1.15. The maximum atomic E-state index is 14.0. The molecule has 2 fully saturated rings. The van der Waals surface area contributed by atoms with Crippen LogP contribution in [0.1, 0.15) is 55.8 Å². The van der Waals surface area contributed by atoms with E-state index in [9.17, 15) is 26.0 Å². The zero-order valence-corrected chi connectivity index (χ0v) is 26.7. The molecule has 0 saturated carbocycles. The first kappa shape index (κ1) is 32.7. The fraction of sp³-hybridized carbons (Fsp3) is 0.700. The number of likely N-dealkylation sites (tertiary alicyclic amines) is 2. The van der Waals surface area contributed by atoms with Gasteiger partial charge in [-0.25, -0.2) is 12.8 Å². The normalized spacial score (nSPS) is 20.5. The van der Waals surface area contributed by atoms with Crippen LogP contribution in [0.15, 0.2) is 23.1 Å². The van der Waals surface area contributed by atoms with Crippen LogP contribution in [0.4, 0.5) is 17.6 Å². The van der Waals surface area contributed by atoms with Crippen LogP contribution in [-0.2, 0) is 35.7 Å². The minimum absolute atomic E-state index is 0.129. The average molecular weight is 646 g/mol. The highest BCUT2D eigenvalue weighted by Gasteiger charge is 2.35. The number of sulfonamides is 1. The van der Waals surface area contributed by atoms with Crippen molar-refractivity contribution in [2.45, 2.75) is 75.8 Å². The van der Waals surface area contributed by atoms with Gasteiger partial charge in [0.2, 0.25) is 10.0 Å². The third kappa shape index (κ3) is 8.33. The average Bonchev–Trinajstić information content (AvgIpc) is 3.32. The van der Waals surface area contributed by atoms with Crippen molar-refractivity contribution in [3.63, 3.8) is 0 Å². The predicted octanol–water partition coefficient (Wildman–Crippen LogP) is 5.53. The Kier molecular flexibility index (Phi) is 10.5. The Balaban J connectivity index is 1.38. The second-order valence-electron chi connectivity index (χ2n) is 12.3. The van der Waals surface area contributed by atoms with Gasteiger partial charge in [-0.3, -0.25) is 4.68 Å². The van der Waals surface area contributed by atoms with Crippen molar-refractivity contribution in [3.05, 3.63) is 35.0 Å². The number of alkyl halides is 4. The van der Waals surface area contributed by atoms with E-state index in [4.69, 9.17) is 5.10 Å². The van der Waals surface area contributed by atoms with E-state index in [-0.39, 0.29) is 11.4 Å². The number of aromatic nitrogens is 2. The number of fused-ring (bicyclic) bond motifs is 1. The Morgan fingerprint density at radius 3 is 2.33 bits per heavy atom. The third-order valence-corrected chi connectivity index (χ3v) is 11.3. The van der Waals surface area contributed by atoms with Gasteiger partial charge in [0.25, 0.3) is 0 Å². The van der Waals surface area contributed by atoms with Gasteiger partial charge in [0.05, 0.1) is 17.5 Å². The number of piperidine rings is 2.